The Balaban J connectivity index is 1.98. The van der Waals surface area contributed by atoms with Gasteiger partial charge in [-0.1, -0.05) is 96.0 Å². The van der Waals surface area contributed by atoms with Gasteiger partial charge in [-0.25, -0.2) is 9.59 Å². The first kappa shape index (κ1) is 26.2. The van der Waals surface area contributed by atoms with Crippen molar-refractivity contribution < 1.29 is 24.2 Å². The number of unbranched alkanes of at least 4 members (excludes halogenated alkanes) is 7. The van der Waals surface area contributed by atoms with Crippen molar-refractivity contribution in [1.29, 1.82) is 0 Å². The van der Waals surface area contributed by atoms with Gasteiger partial charge in [-0.2, -0.15) is 0 Å². The fraction of sp³-hybridized carbons (Fsp3) is 0.481. The molecule has 0 aromatic heterocycles. The number of carboxylic acids is 1. The zero-order valence-corrected chi connectivity index (χ0v) is 20.1. The van der Waals surface area contributed by atoms with E-state index in [4.69, 9.17) is 15.2 Å². The molecule has 0 atom stereocenters. The molecule has 0 saturated carbocycles. The van der Waals surface area contributed by atoms with E-state index in [2.05, 4.69) is 6.92 Å². The Bertz CT molecular complexity index is 908. The molecule has 33 heavy (non-hydrogen) atoms. The number of aromatic carboxylic acids is 1. The number of nitrogen functional groups attached to an aromatic ring is 1. The molecule has 0 fully saturated rings. The van der Waals surface area contributed by atoms with Crippen LogP contribution in [-0.2, 0) is 10.2 Å². The number of carboxylic acid groups (broad SMARTS) is 1. The summed E-state index contributed by atoms with van der Waals surface area (Å²) in [6.45, 7) is 6.38. The summed E-state index contributed by atoms with van der Waals surface area (Å²) >= 11 is 0. The zero-order chi connectivity index (χ0) is 24.3. The summed E-state index contributed by atoms with van der Waals surface area (Å²) in [4.78, 5) is 24.0. The summed E-state index contributed by atoms with van der Waals surface area (Å²) in [5, 5.41) is 9.71. The Hall–Kier alpha value is -3.02. The predicted molar refractivity (Wildman–Crippen MR) is 131 cm³/mol. The number of rotatable bonds is 13. The molecule has 0 heterocycles. The topological polar surface area (TPSA) is 98.9 Å². The number of ether oxygens (including phenoxy) is 2. The molecule has 0 radical (unpaired) electrons. The predicted octanol–water partition coefficient (Wildman–Crippen LogP) is 6.95. The first-order valence-electron chi connectivity index (χ1n) is 11.8. The molecule has 0 aliphatic rings. The summed E-state index contributed by atoms with van der Waals surface area (Å²) in [5.41, 5.74) is 7.58. The number of anilines is 1. The quantitative estimate of drug-likeness (QED) is 0.147. The minimum absolute atomic E-state index is 0.117. The third-order valence-electron chi connectivity index (χ3n) is 5.96. The van der Waals surface area contributed by atoms with Gasteiger partial charge in [-0.05, 0) is 23.6 Å². The minimum Gasteiger partial charge on any atom is -0.478 e. The highest BCUT2D eigenvalue weighted by molar-refractivity contribution is 5.93. The molecule has 0 saturated heterocycles. The molecular weight excluding hydrogens is 418 g/mol. The highest BCUT2D eigenvalue weighted by Crippen LogP contribution is 2.38. The van der Waals surface area contributed by atoms with Crippen LogP contribution in [0, 0.1) is 0 Å². The van der Waals surface area contributed by atoms with Gasteiger partial charge in [0.25, 0.3) is 0 Å². The lowest BCUT2D eigenvalue weighted by Gasteiger charge is -2.28. The minimum atomic E-state index is -1.20. The molecule has 6 heteroatoms. The van der Waals surface area contributed by atoms with Crippen LogP contribution >= 0.6 is 0 Å². The molecule has 0 unspecified atom stereocenters. The number of carbonyl (C=O) groups is 2. The fourth-order valence-corrected chi connectivity index (χ4v) is 3.91. The summed E-state index contributed by atoms with van der Waals surface area (Å²) < 4.78 is 10.3. The van der Waals surface area contributed by atoms with Crippen molar-refractivity contribution in [3.8, 4) is 5.75 Å². The van der Waals surface area contributed by atoms with E-state index in [9.17, 15) is 14.7 Å². The molecule has 2 rings (SSSR count). The van der Waals surface area contributed by atoms with Crippen LogP contribution in [0.2, 0.25) is 0 Å². The van der Waals surface area contributed by atoms with E-state index < -0.39 is 17.5 Å². The Morgan fingerprint density at radius 3 is 2.15 bits per heavy atom. The van der Waals surface area contributed by atoms with Crippen LogP contribution in [0.1, 0.15) is 93.6 Å². The van der Waals surface area contributed by atoms with Gasteiger partial charge in [-0.3, -0.25) is 0 Å². The third kappa shape index (κ3) is 7.81. The second-order valence-corrected chi connectivity index (χ2v) is 8.91. The molecule has 3 N–H and O–H groups in total. The highest BCUT2D eigenvalue weighted by Gasteiger charge is 2.28. The second kappa shape index (κ2) is 12.9. The lowest BCUT2D eigenvalue weighted by molar-refractivity contribution is 0.0689. The Morgan fingerprint density at radius 2 is 1.55 bits per heavy atom. The van der Waals surface area contributed by atoms with Gasteiger partial charge in [0, 0.05) is 17.2 Å². The molecule has 2 aromatic carbocycles. The number of hydrogen-bond acceptors (Lipinski definition) is 5. The Labute approximate surface area is 197 Å². The summed E-state index contributed by atoms with van der Waals surface area (Å²) in [5.74, 6) is -1.32. The van der Waals surface area contributed by atoms with E-state index in [0.29, 0.717) is 11.3 Å². The molecule has 180 valence electrons. The van der Waals surface area contributed by atoms with E-state index in [1.807, 2.05) is 44.2 Å². The first-order valence-corrected chi connectivity index (χ1v) is 11.8. The van der Waals surface area contributed by atoms with E-state index in [0.717, 1.165) is 24.8 Å². The van der Waals surface area contributed by atoms with Gasteiger partial charge < -0.3 is 20.3 Å². The molecule has 0 spiro atoms. The number of carbonyl (C=O) groups excluding carboxylic acids is 1. The second-order valence-electron chi connectivity index (χ2n) is 8.91. The smallest absolute Gasteiger partial charge is 0.478 e. The van der Waals surface area contributed by atoms with Crippen LogP contribution in [0.4, 0.5) is 10.5 Å². The van der Waals surface area contributed by atoms with Gasteiger partial charge >= 0.3 is 12.1 Å². The Morgan fingerprint density at radius 1 is 0.939 bits per heavy atom. The largest absolute Gasteiger partial charge is 0.513 e. The van der Waals surface area contributed by atoms with Crippen molar-refractivity contribution in [2.45, 2.75) is 77.6 Å². The van der Waals surface area contributed by atoms with Gasteiger partial charge in [-0.15, -0.1) is 0 Å². The van der Waals surface area contributed by atoms with Gasteiger partial charge in [0.05, 0.1) is 6.61 Å². The van der Waals surface area contributed by atoms with Crippen LogP contribution in [0.5, 0.6) is 5.75 Å². The maximum absolute atomic E-state index is 12.1. The maximum Gasteiger partial charge on any atom is 0.513 e. The van der Waals surface area contributed by atoms with E-state index in [-0.39, 0.29) is 17.9 Å². The van der Waals surface area contributed by atoms with Crippen molar-refractivity contribution in [2.75, 3.05) is 12.3 Å². The standard InChI is InChI=1S/C27H37NO5/c1-4-5-6-7-8-9-10-14-17-32-26(31)33-24-19-23(28)22(18-21(24)25(29)30)27(2,3)20-15-12-11-13-16-20/h11-13,15-16,18-19H,4-10,14,17,28H2,1-3H3,(H,29,30). The van der Waals surface area contributed by atoms with Crippen molar-refractivity contribution in [3.05, 3.63) is 59.2 Å². The average Bonchev–Trinajstić information content (AvgIpc) is 2.78. The maximum atomic E-state index is 12.1. The molecule has 0 amide bonds. The van der Waals surface area contributed by atoms with Crippen molar-refractivity contribution in [3.63, 3.8) is 0 Å². The van der Waals surface area contributed by atoms with Crippen molar-refractivity contribution >= 4 is 17.8 Å². The van der Waals surface area contributed by atoms with Crippen LogP contribution in [0.3, 0.4) is 0 Å². The molecule has 0 aliphatic heterocycles. The van der Waals surface area contributed by atoms with Crippen LogP contribution in [-0.4, -0.2) is 23.8 Å². The van der Waals surface area contributed by atoms with Gasteiger partial charge in [0.15, 0.2) is 5.75 Å². The van der Waals surface area contributed by atoms with Crippen LogP contribution in [0.25, 0.3) is 0 Å². The van der Waals surface area contributed by atoms with Crippen LogP contribution in [0.15, 0.2) is 42.5 Å². The summed E-state index contributed by atoms with van der Waals surface area (Å²) in [7, 11) is 0. The fourth-order valence-electron chi connectivity index (χ4n) is 3.91. The number of hydrogen-bond donors (Lipinski definition) is 2. The highest BCUT2D eigenvalue weighted by atomic mass is 16.7. The molecule has 0 bridgehead atoms. The van der Waals surface area contributed by atoms with E-state index in [1.54, 1.807) is 0 Å². The normalized spacial score (nSPS) is 11.2. The first-order chi connectivity index (χ1) is 15.8. The van der Waals surface area contributed by atoms with Gasteiger partial charge in [0.1, 0.15) is 5.56 Å². The molecule has 0 aliphatic carbocycles. The molecule has 2 aromatic rings. The third-order valence-corrected chi connectivity index (χ3v) is 5.96. The lowest BCUT2D eigenvalue weighted by Crippen LogP contribution is -2.22. The van der Waals surface area contributed by atoms with Crippen molar-refractivity contribution in [1.82, 2.24) is 0 Å². The monoisotopic (exact) mass is 455 g/mol. The number of benzene rings is 2. The van der Waals surface area contributed by atoms with Crippen molar-refractivity contribution in [2.24, 2.45) is 0 Å². The molecule has 6 nitrogen and oxygen atoms in total. The SMILES string of the molecule is CCCCCCCCCCOC(=O)Oc1cc(N)c(C(C)(C)c2ccccc2)cc1C(=O)O. The number of nitrogens with two attached hydrogens (primary N) is 1. The summed E-state index contributed by atoms with van der Waals surface area (Å²) in [6.07, 6.45) is 8.15. The van der Waals surface area contributed by atoms with E-state index in [1.165, 1.54) is 44.2 Å². The average molecular weight is 456 g/mol. The Kier molecular flexibility index (Phi) is 10.2. The lowest BCUT2D eigenvalue weighted by atomic mass is 9.77. The summed E-state index contributed by atoms with van der Waals surface area (Å²) in [6, 6.07) is 12.6. The zero-order valence-electron chi connectivity index (χ0n) is 20.1. The van der Waals surface area contributed by atoms with E-state index >= 15 is 0 Å². The van der Waals surface area contributed by atoms with Gasteiger partial charge in [0.2, 0.25) is 0 Å². The molecular formula is C27H37NO5. The van der Waals surface area contributed by atoms with Crippen LogP contribution < -0.4 is 10.5 Å².